The molecule has 3 nitrogen and oxygen atoms in total. The molecule has 0 aliphatic carbocycles. The van der Waals surface area contributed by atoms with E-state index in [1.165, 1.54) is 0 Å². The Bertz CT molecular complexity index is 260. The molecule has 1 rings (SSSR count). The third kappa shape index (κ3) is 1.88. The van der Waals surface area contributed by atoms with Gasteiger partial charge in [0.1, 0.15) is 0 Å². The zero-order valence-corrected chi connectivity index (χ0v) is 7.26. The van der Waals surface area contributed by atoms with Gasteiger partial charge < -0.3 is 5.73 Å². The van der Waals surface area contributed by atoms with Crippen LogP contribution in [0, 0.1) is 6.92 Å². The molecule has 1 atom stereocenters. The molecular weight excluding hydrogens is 162 g/mol. The first-order valence-electron chi connectivity index (χ1n) is 3.36. The molecule has 0 fully saturated rings. The van der Waals surface area contributed by atoms with Crippen LogP contribution in [0.4, 0.5) is 0 Å². The number of halogens is 1. The van der Waals surface area contributed by atoms with E-state index >= 15 is 0 Å². The van der Waals surface area contributed by atoms with E-state index < -0.39 is 0 Å². The minimum atomic E-state index is -0.157. The average Bonchev–Trinajstić information content (AvgIpc) is 1.85. The highest BCUT2D eigenvalue weighted by atomic mass is 35.5. The standard InChI is InChI=1S/C7H10ClN3/c1-4-3-10-6(5(2)9)7(8)11-4/h3,5H,9H2,1-2H3. The molecule has 0 aliphatic rings. The van der Waals surface area contributed by atoms with E-state index in [2.05, 4.69) is 9.97 Å². The minimum absolute atomic E-state index is 0.157. The van der Waals surface area contributed by atoms with Gasteiger partial charge in [0.25, 0.3) is 0 Å². The highest BCUT2D eigenvalue weighted by Crippen LogP contribution is 2.15. The quantitative estimate of drug-likeness (QED) is 0.696. The van der Waals surface area contributed by atoms with E-state index in [0.29, 0.717) is 10.8 Å². The molecule has 0 bridgehead atoms. The molecule has 1 heterocycles. The third-order valence-corrected chi connectivity index (χ3v) is 1.59. The lowest BCUT2D eigenvalue weighted by Gasteiger charge is -2.05. The summed E-state index contributed by atoms with van der Waals surface area (Å²) in [6.07, 6.45) is 1.66. The summed E-state index contributed by atoms with van der Waals surface area (Å²) in [5.41, 5.74) is 7.03. The Morgan fingerprint density at radius 2 is 2.27 bits per heavy atom. The van der Waals surface area contributed by atoms with Crippen molar-refractivity contribution in [2.24, 2.45) is 5.73 Å². The topological polar surface area (TPSA) is 51.8 Å². The monoisotopic (exact) mass is 171 g/mol. The number of rotatable bonds is 1. The van der Waals surface area contributed by atoms with Gasteiger partial charge in [0.15, 0.2) is 5.15 Å². The normalized spacial score (nSPS) is 13.1. The van der Waals surface area contributed by atoms with Crippen LogP contribution in [0.25, 0.3) is 0 Å². The molecule has 1 unspecified atom stereocenters. The number of aromatic nitrogens is 2. The molecule has 0 radical (unpaired) electrons. The van der Waals surface area contributed by atoms with E-state index in [1.807, 2.05) is 13.8 Å². The molecule has 11 heavy (non-hydrogen) atoms. The molecule has 0 spiro atoms. The van der Waals surface area contributed by atoms with Crippen LogP contribution in [0.15, 0.2) is 6.20 Å². The van der Waals surface area contributed by atoms with Crippen LogP contribution in [0.2, 0.25) is 5.15 Å². The Hall–Kier alpha value is -0.670. The Morgan fingerprint density at radius 1 is 1.64 bits per heavy atom. The Balaban J connectivity index is 3.09. The first-order chi connectivity index (χ1) is 5.11. The SMILES string of the molecule is Cc1cnc(C(C)N)c(Cl)n1. The van der Waals surface area contributed by atoms with Gasteiger partial charge in [-0.05, 0) is 13.8 Å². The highest BCUT2D eigenvalue weighted by Gasteiger charge is 2.07. The lowest BCUT2D eigenvalue weighted by Crippen LogP contribution is -2.09. The molecule has 60 valence electrons. The summed E-state index contributed by atoms with van der Waals surface area (Å²) in [5.74, 6) is 0. The van der Waals surface area contributed by atoms with Crippen molar-refractivity contribution in [3.63, 3.8) is 0 Å². The molecular formula is C7H10ClN3. The fourth-order valence-corrected chi connectivity index (χ4v) is 1.12. The first kappa shape index (κ1) is 8.43. The van der Waals surface area contributed by atoms with Gasteiger partial charge in [0.05, 0.1) is 11.4 Å². The molecule has 0 saturated heterocycles. The lowest BCUT2D eigenvalue weighted by molar-refractivity contribution is 0.769. The number of hydrogen-bond acceptors (Lipinski definition) is 3. The van der Waals surface area contributed by atoms with E-state index in [1.54, 1.807) is 6.20 Å². The number of nitrogens with zero attached hydrogens (tertiary/aromatic N) is 2. The predicted molar refractivity (Wildman–Crippen MR) is 44.4 cm³/mol. The van der Waals surface area contributed by atoms with Crippen molar-refractivity contribution < 1.29 is 0 Å². The number of hydrogen-bond donors (Lipinski definition) is 1. The van der Waals surface area contributed by atoms with Crippen molar-refractivity contribution in [1.29, 1.82) is 0 Å². The van der Waals surface area contributed by atoms with E-state index in [4.69, 9.17) is 17.3 Å². The molecule has 4 heteroatoms. The van der Waals surface area contributed by atoms with Gasteiger partial charge in [0, 0.05) is 12.2 Å². The van der Waals surface area contributed by atoms with Crippen LogP contribution < -0.4 is 5.73 Å². The van der Waals surface area contributed by atoms with Crippen LogP contribution in [0.3, 0.4) is 0 Å². The summed E-state index contributed by atoms with van der Waals surface area (Å²) >= 11 is 5.77. The van der Waals surface area contributed by atoms with Gasteiger partial charge in [0.2, 0.25) is 0 Å². The summed E-state index contributed by atoms with van der Waals surface area (Å²) in [6, 6.07) is -0.157. The van der Waals surface area contributed by atoms with E-state index in [0.717, 1.165) is 5.69 Å². The van der Waals surface area contributed by atoms with E-state index in [-0.39, 0.29) is 6.04 Å². The fraction of sp³-hybridized carbons (Fsp3) is 0.429. The molecule has 2 N–H and O–H groups in total. The lowest BCUT2D eigenvalue weighted by atomic mass is 10.2. The Labute approximate surface area is 70.6 Å². The Morgan fingerprint density at radius 3 is 2.73 bits per heavy atom. The molecule has 0 aromatic carbocycles. The molecule has 0 aliphatic heterocycles. The largest absolute Gasteiger partial charge is 0.323 e. The number of aryl methyl sites for hydroxylation is 1. The first-order valence-corrected chi connectivity index (χ1v) is 3.73. The maximum absolute atomic E-state index is 5.77. The van der Waals surface area contributed by atoms with Gasteiger partial charge in [-0.15, -0.1) is 0 Å². The summed E-state index contributed by atoms with van der Waals surface area (Å²) in [6.45, 7) is 3.66. The van der Waals surface area contributed by atoms with Crippen molar-refractivity contribution in [3.8, 4) is 0 Å². The predicted octanol–water partition coefficient (Wildman–Crippen LogP) is 1.46. The maximum Gasteiger partial charge on any atom is 0.152 e. The van der Waals surface area contributed by atoms with Crippen molar-refractivity contribution in [2.75, 3.05) is 0 Å². The van der Waals surface area contributed by atoms with Crippen molar-refractivity contribution in [1.82, 2.24) is 9.97 Å². The van der Waals surface area contributed by atoms with Gasteiger partial charge >= 0.3 is 0 Å². The van der Waals surface area contributed by atoms with Crippen molar-refractivity contribution in [2.45, 2.75) is 19.9 Å². The number of nitrogens with two attached hydrogens (primary N) is 1. The van der Waals surface area contributed by atoms with Crippen LogP contribution in [-0.2, 0) is 0 Å². The van der Waals surface area contributed by atoms with Gasteiger partial charge in [-0.3, -0.25) is 4.98 Å². The summed E-state index contributed by atoms with van der Waals surface area (Å²) in [5, 5.41) is 0.403. The van der Waals surface area contributed by atoms with Crippen LogP contribution in [0.5, 0.6) is 0 Å². The van der Waals surface area contributed by atoms with Crippen LogP contribution >= 0.6 is 11.6 Å². The van der Waals surface area contributed by atoms with Crippen LogP contribution in [-0.4, -0.2) is 9.97 Å². The molecule has 0 amide bonds. The Kier molecular flexibility index (Phi) is 2.42. The zero-order valence-electron chi connectivity index (χ0n) is 6.50. The minimum Gasteiger partial charge on any atom is -0.323 e. The summed E-state index contributed by atoms with van der Waals surface area (Å²) in [7, 11) is 0. The van der Waals surface area contributed by atoms with Gasteiger partial charge in [-0.1, -0.05) is 11.6 Å². The average molecular weight is 172 g/mol. The maximum atomic E-state index is 5.77. The second kappa shape index (κ2) is 3.15. The second-order valence-electron chi connectivity index (χ2n) is 2.48. The molecule has 1 aromatic rings. The smallest absolute Gasteiger partial charge is 0.152 e. The highest BCUT2D eigenvalue weighted by molar-refractivity contribution is 6.30. The summed E-state index contributed by atoms with van der Waals surface area (Å²) in [4.78, 5) is 8.08. The van der Waals surface area contributed by atoms with Gasteiger partial charge in [-0.25, -0.2) is 4.98 Å². The fourth-order valence-electron chi connectivity index (χ4n) is 0.763. The second-order valence-corrected chi connectivity index (χ2v) is 2.83. The molecule has 1 aromatic heterocycles. The van der Waals surface area contributed by atoms with Gasteiger partial charge in [-0.2, -0.15) is 0 Å². The van der Waals surface area contributed by atoms with E-state index in [9.17, 15) is 0 Å². The van der Waals surface area contributed by atoms with Crippen molar-refractivity contribution >= 4 is 11.6 Å². The third-order valence-electron chi connectivity index (χ3n) is 1.31. The van der Waals surface area contributed by atoms with Crippen LogP contribution in [0.1, 0.15) is 24.4 Å². The zero-order chi connectivity index (χ0) is 8.43. The molecule has 0 saturated carbocycles. The summed E-state index contributed by atoms with van der Waals surface area (Å²) < 4.78 is 0. The van der Waals surface area contributed by atoms with Crippen molar-refractivity contribution in [3.05, 3.63) is 22.7 Å².